The predicted octanol–water partition coefficient (Wildman–Crippen LogP) is 2.74. The zero-order valence-electron chi connectivity index (χ0n) is 15.3. The normalized spacial score (nSPS) is 16.6. The van der Waals surface area contributed by atoms with E-state index in [0.717, 1.165) is 41.2 Å². The number of fused-ring (bicyclic) bond motifs is 1. The Morgan fingerprint density at radius 3 is 2.96 bits per heavy atom. The topological polar surface area (TPSA) is 99.5 Å². The van der Waals surface area contributed by atoms with Gasteiger partial charge in [-0.05, 0) is 38.3 Å². The highest BCUT2D eigenvalue weighted by Crippen LogP contribution is 2.27. The lowest BCUT2D eigenvalue weighted by molar-refractivity contribution is -0.117. The number of carbonyl (C=O) groups excluding carboxylic acids is 1. The molecule has 1 amide bonds. The Kier molecular flexibility index (Phi) is 4.28. The molecule has 1 N–H and O–H groups in total. The number of amides is 1. The number of nitriles is 1. The zero-order chi connectivity index (χ0) is 19.0. The largest absolute Gasteiger partial charge is 0.361 e. The fraction of sp³-hybridized carbons (Fsp3) is 0.368. The van der Waals surface area contributed by atoms with Gasteiger partial charge in [0.05, 0.1) is 11.9 Å². The third-order valence-electron chi connectivity index (χ3n) is 4.94. The minimum Gasteiger partial charge on any atom is -0.361 e. The molecule has 1 saturated heterocycles. The third kappa shape index (κ3) is 3.36. The van der Waals surface area contributed by atoms with Crippen LogP contribution in [0.2, 0.25) is 0 Å². The van der Waals surface area contributed by atoms with Crippen molar-refractivity contribution in [1.29, 1.82) is 5.26 Å². The first-order valence-electron chi connectivity index (χ1n) is 8.90. The summed E-state index contributed by atoms with van der Waals surface area (Å²) in [5.74, 6) is 1.43. The summed E-state index contributed by atoms with van der Waals surface area (Å²) in [5, 5.41) is 15.8. The van der Waals surface area contributed by atoms with Crippen molar-refractivity contribution in [2.24, 2.45) is 5.92 Å². The van der Waals surface area contributed by atoms with Crippen molar-refractivity contribution in [3.63, 3.8) is 0 Å². The number of carbonyl (C=O) groups is 1. The molecule has 4 rings (SSSR count). The zero-order valence-corrected chi connectivity index (χ0v) is 15.3. The highest BCUT2D eigenvalue weighted by Gasteiger charge is 2.24. The lowest BCUT2D eigenvalue weighted by atomic mass is 10.0. The smallest absolute Gasteiger partial charge is 0.225 e. The van der Waals surface area contributed by atoms with E-state index in [1.165, 1.54) is 0 Å². The maximum atomic E-state index is 12.3. The van der Waals surface area contributed by atoms with Gasteiger partial charge in [0, 0.05) is 36.8 Å². The second kappa shape index (κ2) is 6.76. The predicted molar refractivity (Wildman–Crippen MR) is 98.7 cm³/mol. The van der Waals surface area contributed by atoms with Crippen LogP contribution in [0.5, 0.6) is 0 Å². The number of pyridine rings is 1. The quantitative estimate of drug-likeness (QED) is 0.715. The number of aryl methyl sites for hydroxylation is 2. The van der Waals surface area contributed by atoms with Gasteiger partial charge in [0.25, 0.3) is 0 Å². The fourth-order valence-electron chi connectivity index (χ4n) is 3.64. The Labute approximate surface area is 156 Å². The Morgan fingerprint density at radius 1 is 1.41 bits per heavy atom. The molecule has 3 aromatic rings. The molecule has 1 aliphatic heterocycles. The number of nitrogens with zero attached hydrogens (tertiary/aromatic N) is 5. The van der Waals surface area contributed by atoms with E-state index in [4.69, 9.17) is 9.78 Å². The molecule has 1 aliphatic rings. The molecule has 4 heterocycles. The molecule has 0 aliphatic carbocycles. The minimum atomic E-state index is -0.0749. The summed E-state index contributed by atoms with van der Waals surface area (Å²) < 4.78 is 7.12. The van der Waals surface area contributed by atoms with E-state index >= 15 is 0 Å². The van der Waals surface area contributed by atoms with E-state index in [-0.39, 0.29) is 11.8 Å². The summed E-state index contributed by atoms with van der Waals surface area (Å²) in [6, 6.07) is 3.87. The first-order valence-corrected chi connectivity index (χ1v) is 8.90. The third-order valence-corrected chi connectivity index (χ3v) is 4.94. The summed E-state index contributed by atoms with van der Waals surface area (Å²) in [7, 11) is 0. The average molecular weight is 364 g/mol. The van der Waals surface area contributed by atoms with Crippen LogP contribution in [0.1, 0.15) is 24.3 Å². The van der Waals surface area contributed by atoms with Gasteiger partial charge in [-0.2, -0.15) is 5.26 Å². The number of aromatic nitrogens is 3. The Bertz CT molecular complexity index is 1020. The molecule has 0 radical (unpaired) electrons. The second-order valence-corrected chi connectivity index (χ2v) is 6.96. The van der Waals surface area contributed by atoms with E-state index < -0.39 is 0 Å². The molecule has 1 fully saturated rings. The first-order chi connectivity index (χ1) is 13.0. The summed E-state index contributed by atoms with van der Waals surface area (Å²) >= 11 is 0. The number of nitrogens with one attached hydrogen (secondary N) is 1. The van der Waals surface area contributed by atoms with Crippen LogP contribution in [0.3, 0.4) is 0 Å². The second-order valence-electron chi connectivity index (χ2n) is 6.96. The number of imidazole rings is 1. The van der Waals surface area contributed by atoms with E-state index in [2.05, 4.69) is 21.7 Å². The van der Waals surface area contributed by atoms with Crippen molar-refractivity contribution in [2.45, 2.75) is 26.7 Å². The summed E-state index contributed by atoms with van der Waals surface area (Å²) in [6.45, 7) is 5.17. The lowest BCUT2D eigenvalue weighted by Crippen LogP contribution is -2.19. The summed E-state index contributed by atoms with van der Waals surface area (Å²) in [5.41, 5.74) is 3.54. The SMILES string of the molecule is Cc1noc(C)c1-c1ccc2nc(NC(=O)CC3CCN(C#N)C3)cn2c1. The van der Waals surface area contributed by atoms with Gasteiger partial charge in [0.15, 0.2) is 12.0 Å². The maximum Gasteiger partial charge on any atom is 0.225 e. The molecule has 1 atom stereocenters. The standard InChI is InChI=1S/C19H20N6O2/c1-12-19(13(2)27-23-12)15-3-4-17-21-16(10-25(17)9-15)22-18(26)7-14-5-6-24(8-14)11-20/h3-4,9-10,14H,5-8H2,1-2H3,(H,22,26). The van der Waals surface area contributed by atoms with Gasteiger partial charge < -0.3 is 19.1 Å². The lowest BCUT2D eigenvalue weighted by Gasteiger charge is -2.08. The molecular formula is C19H20N6O2. The molecule has 8 heteroatoms. The van der Waals surface area contributed by atoms with Gasteiger partial charge in [-0.1, -0.05) is 5.16 Å². The highest BCUT2D eigenvalue weighted by molar-refractivity contribution is 5.90. The molecule has 0 saturated carbocycles. The van der Waals surface area contributed by atoms with Crippen molar-refractivity contribution in [1.82, 2.24) is 19.4 Å². The van der Waals surface area contributed by atoms with Crippen LogP contribution >= 0.6 is 0 Å². The Morgan fingerprint density at radius 2 is 2.26 bits per heavy atom. The Hall–Kier alpha value is -3.34. The van der Waals surface area contributed by atoms with Crippen molar-refractivity contribution in [3.8, 4) is 17.3 Å². The van der Waals surface area contributed by atoms with Crippen LogP contribution in [0.25, 0.3) is 16.8 Å². The summed E-state index contributed by atoms with van der Waals surface area (Å²) in [4.78, 5) is 18.4. The summed E-state index contributed by atoms with van der Waals surface area (Å²) in [6.07, 6.45) is 7.15. The molecule has 3 aromatic heterocycles. The van der Waals surface area contributed by atoms with Gasteiger partial charge in [0.1, 0.15) is 11.4 Å². The van der Waals surface area contributed by atoms with Gasteiger partial charge in [-0.3, -0.25) is 4.79 Å². The minimum absolute atomic E-state index is 0.0749. The van der Waals surface area contributed by atoms with Crippen LogP contribution < -0.4 is 5.32 Å². The van der Waals surface area contributed by atoms with Crippen molar-refractivity contribution >= 4 is 17.4 Å². The molecule has 1 unspecified atom stereocenters. The number of rotatable bonds is 4. The van der Waals surface area contributed by atoms with Crippen LogP contribution in [0.15, 0.2) is 29.0 Å². The van der Waals surface area contributed by atoms with E-state index in [1.54, 1.807) is 11.1 Å². The Balaban J connectivity index is 1.49. The number of hydrogen-bond donors (Lipinski definition) is 1. The van der Waals surface area contributed by atoms with Gasteiger partial charge in [0.2, 0.25) is 5.91 Å². The van der Waals surface area contributed by atoms with E-state index in [0.29, 0.717) is 18.8 Å². The van der Waals surface area contributed by atoms with Gasteiger partial charge >= 0.3 is 0 Å². The first kappa shape index (κ1) is 17.1. The van der Waals surface area contributed by atoms with Crippen LogP contribution in [-0.2, 0) is 4.79 Å². The number of hydrogen-bond acceptors (Lipinski definition) is 6. The molecular weight excluding hydrogens is 344 g/mol. The monoisotopic (exact) mass is 364 g/mol. The van der Waals surface area contributed by atoms with Crippen LogP contribution in [-0.4, -0.2) is 38.4 Å². The van der Waals surface area contributed by atoms with E-state index in [9.17, 15) is 4.79 Å². The molecule has 27 heavy (non-hydrogen) atoms. The number of likely N-dealkylation sites (tertiary alicyclic amines) is 1. The van der Waals surface area contributed by atoms with Crippen LogP contribution in [0, 0.1) is 31.2 Å². The average Bonchev–Trinajstić information content (AvgIpc) is 3.33. The molecule has 0 aromatic carbocycles. The maximum absolute atomic E-state index is 12.3. The van der Waals surface area contributed by atoms with Crippen molar-refractivity contribution in [2.75, 3.05) is 18.4 Å². The number of anilines is 1. The molecule has 8 nitrogen and oxygen atoms in total. The molecule has 0 bridgehead atoms. The van der Waals surface area contributed by atoms with Crippen molar-refractivity contribution < 1.29 is 9.32 Å². The molecule has 0 spiro atoms. The van der Waals surface area contributed by atoms with Crippen molar-refractivity contribution in [3.05, 3.63) is 36.0 Å². The van der Waals surface area contributed by atoms with Gasteiger partial charge in [-0.25, -0.2) is 4.98 Å². The van der Waals surface area contributed by atoms with Gasteiger partial charge in [-0.15, -0.1) is 0 Å². The fourth-order valence-corrected chi connectivity index (χ4v) is 3.64. The van der Waals surface area contributed by atoms with Crippen LogP contribution in [0.4, 0.5) is 5.82 Å². The van der Waals surface area contributed by atoms with E-state index in [1.807, 2.05) is 36.6 Å². The molecule has 138 valence electrons. The highest BCUT2D eigenvalue weighted by atomic mass is 16.5.